The summed E-state index contributed by atoms with van der Waals surface area (Å²) in [7, 11) is 0. The zero-order chi connectivity index (χ0) is 25.9. The Morgan fingerprint density at radius 1 is 1.14 bits per heavy atom. The van der Waals surface area contributed by atoms with Crippen LogP contribution in [0.3, 0.4) is 0 Å². The van der Waals surface area contributed by atoms with E-state index in [2.05, 4.69) is 27.9 Å². The topological polar surface area (TPSA) is 146 Å². The van der Waals surface area contributed by atoms with Gasteiger partial charge in [0.2, 0.25) is 11.8 Å². The number of rotatable bonds is 14. The third-order valence-electron chi connectivity index (χ3n) is 6.20. The van der Waals surface area contributed by atoms with E-state index in [9.17, 15) is 24.0 Å². The molecule has 2 atom stereocenters. The van der Waals surface area contributed by atoms with E-state index in [1.807, 2.05) is 24.3 Å². The van der Waals surface area contributed by atoms with Gasteiger partial charge in [0.05, 0.1) is 12.6 Å². The molecule has 2 heterocycles. The van der Waals surface area contributed by atoms with Crippen molar-refractivity contribution in [2.75, 3.05) is 19.7 Å². The molecule has 1 saturated heterocycles. The van der Waals surface area contributed by atoms with Crippen molar-refractivity contribution in [3.63, 3.8) is 0 Å². The Kier molecular flexibility index (Phi) is 10.0. The second kappa shape index (κ2) is 13.4. The molecule has 3 amide bonds. The first-order valence-electron chi connectivity index (χ1n) is 12.5. The fraction of sp³-hybridized carbons (Fsp3) is 0.500. The number of nitrogens with one attached hydrogen (secondary N) is 4. The normalized spacial score (nSPS) is 15.8. The average molecular weight is 499 g/mol. The molecule has 4 N–H and O–H groups in total. The fourth-order valence-electron chi connectivity index (χ4n) is 4.14. The molecule has 10 heteroatoms. The molecular weight excluding hydrogens is 464 g/mol. The number of amides is 3. The van der Waals surface area contributed by atoms with Crippen molar-refractivity contribution in [3.8, 4) is 0 Å². The van der Waals surface area contributed by atoms with E-state index in [0.29, 0.717) is 25.1 Å². The molecule has 3 rings (SSSR count). The maximum Gasteiger partial charge on any atom is 0.306 e. The van der Waals surface area contributed by atoms with Crippen LogP contribution in [-0.4, -0.2) is 60.2 Å². The summed E-state index contributed by atoms with van der Waals surface area (Å²) in [4.78, 5) is 64.8. The standard InChI is InChI=1S/C26H34N4O6/c1-2-3-4-5-10-24(33)36-16-22(31)20(14-18-11-12-27-25(18)34)30-23(32)15-28-26(35)21-13-17-8-6-7-9-19(17)29-21/h6-9,13,18,20,29H,2-5,10-12,14-16H2,1H3,(H,27,34)(H,28,35)(H,30,32). The number of hydrogen-bond donors (Lipinski definition) is 4. The van der Waals surface area contributed by atoms with Crippen LogP contribution in [0.25, 0.3) is 10.9 Å². The molecular formula is C26H34N4O6. The van der Waals surface area contributed by atoms with Crippen molar-refractivity contribution < 1.29 is 28.7 Å². The van der Waals surface area contributed by atoms with Gasteiger partial charge in [-0.15, -0.1) is 0 Å². The number of para-hydroxylation sites is 1. The van der Waals surface area contributed by atoms with Crippen LogP contribution < -0.4 is 16.0 Å². The highest BCUT2D eigenvalue weighted by atomic mass is 16.5. The number of benzene rings is 1. The summed E-state index contributed by atoms with van der Waals surface area (Å²) in [5.74, 6) is -2.61. The maximum absolute atomic E-state index is 12.8. The number of carbonyl (C=O) groups is 5. The summed E-state index contributed by atoms with van der Waals surface area (Å²) in [6.45, 7) is 1.74. The minimum atomic E-state index is -1.01. The highest BCUT2D eigenvalue weighted by Crippen LogP contribution is 2.17. The van der Waals surface area contributed by atoms with Crippen LogP contribution >= 0.6 is 0 Å². The molecule has 0 saturated carbocycles. The van der Waals surface area contributed by atoms with Gasteiger partial charge in [-0.2, -0.15) is 0 Å². The van der Waals surface area contributed by atoms with Gasteiger partial charge in [0, 0.05) is 29.8 Å². The number of aromatic nitrogens is 1. The fourth-order valence-corrected chi connectivity index (χ4v) is 4.14. The smallest absolute Gasteiger partial charge is 0.306 e. The van der Waals surface area contributed by atoms with E-state index >= 15 is 0 Å². The monoisotopic (exact) mass is 498 g/mol. The largest absolute Gasteiger partial charge is 0.458 e. The van der Waals surface area contributed by atoms with Gasteiger partial charge in [-0.25, -0.2) is 0 Å². The number of fused-ring (bicyclic) bond motifs is 1. The Labute approximate surface area is 209 Å². The minimum absolute atomic E-state index is 0.0976. The molecule has 1 aliphatic rings. The second-order valence-electron chi connectivity index (χ2n) is 9.02. The molecule has 2 aromatic rings. The Balaban J connectivity index is 1.52. The van der Waals surface area contributed by atoms with Gasteiger partial charge >= 0.3 is 5.97 Å². The Bertz CT molecular complexity index is 1060. The lowest BCUT2D eigenvalue weighted by atomic mass is 9.96. The third kappa shape index (κ3) is 7.93. The lowest BCUT2D eigenvalue weighted by molar-refractivity contribution is -0.149. The first-order chi connectivity index (χ1) is 17.4. The third-order valence-corrected chi connectivity index (χ3v) is 6.20. The van der Waals surface area contributed by atoms with E-state index < -0.39 is 42.1 Å². The summed E-state index contributed by atoms with van der Waals surface area (Å²) in [5, 5.41) is 8.71. The van der Waals surface area contributed by atoms with Gasteiger partial charge in [0.25, 0.3) is 5.91 Å². The summed E-state index contributed by atoms with van der Waals surface area (Å²) < 4.78 is 5.11. The van der Waals surface area contributed by atoms with Crippen LogP contribution in [0.15, 0.2) is 30.3 Å². The van der Waals surface area contributed by atoms with E-state index in [4.69, 9.17) is 4.74 Å². The molecule has 0 radical (unpaired) electrons. The number of ketones is 1. The SMILES string of the molecule is CCCCCCC(=O)OCC(=O)C(CC1CCNC1=O)NC(=O)CNC(=O)c1cc2ccccc2[nH]1. The van der Waals surface area contributed by atoms with Crippen LogP contribution in [0.4, 0.5) is 0 Å². The summed E-state index contributed by atoms with van der Waals surface area (Å²) >= 11 is 0. The Morgan fingerprint density at radius 3 is 2.67 bits per heavy atom. The predicted octanol–water partition coefficient (Wildman–Crippen LogP) is 1.99. The van der Waals surface area contributed by atoms with Crippen molar-refractivity contribution in [1.29, 1.82) is 0 Å². The van der Waals surface area contributed by atoms with Gasteiger partial charge in [-0.3, -0.25) is 24.0 Å². The molecule has 10 nitrogen and oxygen atoms in total. The number of carbonyl (C=O) groups excluding carboxylic acids is 5. The maximum atomic E-state index is 12.8. The Hall–Kier alpha value is -3.69. The van der Waals surface area contributed by atoms with Crippen molar-refractivity contribution in [3.05, 3.63) is 36.0 Å². The van der Waals surface area contributed by atoms with Crippen LogP contribution in [-0.2, 0) is 23.9 Å². The molecule has 0 aliphatic carbocycles. The van der Waals surface area contributed by atoms with Crippen LogP contribution in [0, 0.1) is 5.92 Å². The lowest BCUT2D eigenvalue weighted by Crippen LogP contribution is -2.48. The molecule has 0 spiro atoms. The summed E-state index contributed by atoms with van der Waals surface area (Å²) in [6.07, 6.45) is 4.56. The summed E-state index contributed by atoms with van der Waals surface area (Å²) in [5.41, 5.74) is 1.11. The van der Waals surface area contributed by atoms with Crippen LogP contribution in [0.1, 0.15) is 62.4 Å². The average Bonchev–Trinajstić information content (AvgIpc) is 3.49. The zero-order valence-corrected chi connectivity index (χ0v) is 20.6. The van der Waals surface area contributed by atoms with Crippen LogP contribution in [0.5, 0.6) is 0 Å². The molecule has 2 unspecified atom stereocenters. The first kappa shape index (κ1) is 26.9. The lowest BCUT2D eigenvalue weighted by Gasteiger charge is -2.20. The van der Waals surface area contributed by atoms with Gasteiger partial charge in [0.15, 0.2) is 12.4 Å². The highest BCUT2D eigenvalue weighted by molar-refractivity contribution is 6.00. The molecule has 0 bridgehead atoms. The molecule has 194 valence electrons. The Morgan fingerprint density at radius 2 is 1.94 bits per heavy atom. The molecule has 1 fully saturated rings. The highest BCUT2D eigenvalue weighted by Gasteiger charge is 2.31. The number of hydrogen-bond acceptors (Lipinski definition) is 6. The molecule has 1 aliphatic heterocycles. The molecule has 36 heavy (non-hydrogen) atoms. The van der Waals surface area contributed by atoms with Gasteiger partial charge in [-0.1, -0.05) is 44.4 Å². The number of unbranched alkanes of at least 4 members (excludes halogenated alkanes) is 3. The summed E-state index contributed by atoms with van der Waals surface area (Å²) in [6, 6.07) is 8.08. The number of esters is 1. The number of Topliss-reactive ketones (excluding diaryl/α,β-unsaturated/α-hetero) is 1. The van der Waals surface area contributed by atoms with Crippen molar-refractivity contribution in [2.24, 2.45) is 5.92 Å². The van der Waals surface area contributed by atoms with Gasteiger partial charge in [0.1, 0.15) is 5.69 Å². The molecule has 1 aromatic heterocycles. The zero-order valence-electron chi connectivity index (χ0n) is 20.6. The minimum Gasteiger partial charge on any atom is -0.458 e. The first-order valence-corrected chi connectivity index (χ1v) is 12.5. The quantitative estimate of drug-likeness (QED) is 0.231. The van der Waals surface area contributed by atoms with E-state index in [0.717, 1.165) is 30.2 Å². The predicted molar refractivity (Wildman–Crippen MR) is 133 cm³/mol. The number of aromatic amines is 1. The van der Waals surface area contributed by atoms with Crippen molar-refractivity contribution in [2.45, 2.75) is 57.9 Å². The van der Waals surface area contributed by atoms with E-state index in [-0.39, 0.29) is 25.3 Å². The van der Waals surface area contributed by atoms with Gasteiger partial charge < -0.3 is 25.7 Å². The molecule has 1 aromatic carbocycles. The van der Waals surface area contributed by atoms with E-state index in [1.54, 1.807) is 6.07 Å². The second-order valence-corrected chi connectivity index (χ2v) is 9.02. The van der Waals surface area contributed by atoms with Crippen LogP contribution in [0.2, 0.25) is 0 Å². The van der Waals surface area contributed by atoms with Crippen molar-refractivity contribution >= 4 is 40.4 Å². The van der Waals surface area contributed by atoms with E-state index in [1.165, 1.54) is 0 Å². The van der Waals surface area contributed by atoms with Crippen molar-refractivity contribution in [1.82, 2.24) is 20.9 Å². The number of H-pyrrole nitrogens is 1. The van der Waals surface area contributed by atoms with Gasteiger partial charge in [-0.05, 0) is 31.4 Å². The number of ether oxygens (including phenoxy) is 1.